The van der Waals surface area contributed by atoms with Crippen LogP contribution in [0.1, 0.15) is 0 Å². The van der Waals surface area contributed by atoms with E-state index >= 15 is 0 Å². The Morgan fingerprint density at radius 2 is 2.00 bits per heavy atom. The average molecular weight is 178 g/mol. The minimum absolute atomic E-state index is 0.0443. The molecule has 0 radical (unpaired) electrons. The van der Waals surface area contributed by atoms with Crippen LogP contribution in [-0.4, -0.2) is 15.3 Å². The zero-order valence-corrected chi connectivity index (χ0v) is 6.66. The first kappa shape index (κ1) is 7.79. The van der Waals surface area contributed by atoms with Crippen molar-refractivity contribution in [3.63, 3.8) is 0 Å². The number of nitrogens with zero attached hydrogens (tertiary/aromatic N) is 1. The summed E-state index contributed by atoms with van der Waals surface area (Å²) in [5.74, 6) is -0.496. The van der Waals surface area contributed by atoms with Crippen molar-refractivity contribution in [1.29, 1.82) is 0 Å². The first-order valence-corrected chi connectivity index (χ1v) is 3.76. The van der Waals surface area contributed by atoms with Crippen molar-refractivity contribution in [2.75, 3.05) is 0 Å². The Bertz CT molecular complexity index is 425. The number of aromatic nitrogens is 2. The highest BCUT2D eigenvalue weighted by Crippen LogP contribution is 2.29. The second-order valence-electron chi connectivity index (χ2n) is 2.61. The molecule has 0 spiro atoms. The summed E-state index contributed by atoms with van der Waals surface area (Å²) in [4.78, 5) is 0. The van der Waals surface area contributed by atoms with Crippen molar-refractivity contribution in [2.24, 2.45) is 0 Å². The number of rotatable bonds is 1. The molecule has 4 heteroatoms. The Kier molecular flexibility index (Phi) is 1.73. The van der Waals surface area contributed by atoms with Crippen molar-refractivity contribution in [3.8, 4) is 16.9 Å². The lowest BCUT2D eigenvalue weighted by Crippen LogP contribution is -1.80. The van der Waals surface area contributed by atoms with Crippen LogP contribution in [0.5, 0.6) is 5.75 Å². The fraction of sp³-hybridized carbons (Fsp3) is 0. The molecule has 0 atom stereocenters. The summed E-state index contributed by atoms with van der Waals surface area (Å²) in [5.41, 5.74) is 0.715. The molecule has 0 bridgehead atoms. The lowest BCUT2D eigenvalue weighted by atomic mass is 10.1. The van der Waals surface area contributed by atoms with E-state index in [0.717, 1.165) is 0 Å². The topological polar surface area (TPSA) is 48.9 Å². The standard InChI is InChI=1S/C9H7FN2O/c10-9-7(5-11-12-9)6-3-1-2-4-8(6)13/h1-5,13H,(H,11,12). The number of phenols is 1. The van der Waals surface area contributed by atoms with Crippen LogP contribution >= 0.6 is 0 Å². The Morgan fingerprint density at radius 3 is 2.62 bits per heavy atom. The van der Waals surface area contributed by atoms with Crippen LogP contribution in [0.15, 0.2) is 30.5 Å². The number of nitrogens with one attached hydrogen (secondary N) is 1. The zero-order chi connectivity index (χ0) is 9.26. The maximum atomic E-state index is 13.0. The number of benzene rings is 1. The molecule has 1 aromatic carbocycles. The molecular weight excluding hydrogens is 171 g/mol. The number of halogens is 1. The predicted octanol–water partition coefficient (Wildman–Crippen LogP) is 1.92. The van der Waals surface area contributed by atoms with Crippen molar-refractivity contribution in [1.82, 2.24) is 10.2 Å². The number of aromatic amines is 1. The summed E-state index contributed by atoms with van der Waals surface area (Å²) in [5, 5.41) is 15.1. The van der Waals surface area contributed by atoms with Gasteiger partial charge in [-0.15, -0.1) is 0 Å². The van der Waals surface area contributed by atoms with Gasteiger partial charge in [-0.25, -0.2) is 0 Å². The third-order valence-electron chi connectivity index (χ3n) is 1.79. The lowest BCUT2D eigenvalue weighted by Gasteiger charge is -1.99. The number of phenolic OH excluding ortho intramolecular Hbond substituents is 1. The third kappa shape index (κ3) is 1.26. The van der Waals surface area contributed by atoms with Crippen molar-refractivity contribution < 1.29 is 9.50 Å². The monoisotopic (exact) mass is 178 g/mol. The van der Waals surface area contributed by atoms with Gasteiger partial charge >= 0.3 is 0 Å². The normalized spacial score (nSPS) is 10.2. The maximum Gasteiger partial charge on any atom is 0.216 e. The minimum Gasteiger partial charge on any atom is -0.507 e. The van der Waals surface area contributed by atoms with E-state index in [1.165, 1.54) is 12.3 Å². The van der Waals surface area contributed by atoms with Gasteiger partial charge in [-0.2, -0.15) is 9.49 Å². The molecule has 0 saturated carbocycles. The molecule has 2 N–H and O–H groups in total. The average Bonchev–Trinajstić information content (AvgIpc) is 2.52. The quantitative estimate of drug-likeness (QED) is 0.700. The van der Waals surface area contributed by atoms with E-state index in [2.05, 4.69) is 10.2 Å². The van der Waals surface area contributed by atoms with Gasteiger partial charge in [-0.3, -0.25) is 5.10 Å². The van der Waals surface area contributed by atoms with E-state index in [-0.39, 0.29) is 11.3 Å². The third-order valence-corrected chi connectivity index (χ3v) is 1.79. The highest BCUT2D eigenvalue weighted by molar-refractivity contribution is 5.68. The molecule has 3 nitrogen and oxygen atoms in total. The van der Waals surface area contributed by atoms with Gasteiger partial charge in [0.2, 0.25) is 5.95 Å². The molecule has 1 heterocycles. The molecule has 66 valence electrons. The number of H-pyrrole nitrogens is 1. The van der Waals surface area contributed by atoms with E-state index in [1.807, 2.05) is 0 Å². The van der Waals surface area contributed by atoms with E-state index in [1.54, 1.807) is 18.2 Å². The van der Waals surface area contributed by atoms with Crippen LogP contribution in [0.3, 0.4) is 0 Å². The van der Waals surface area contributed by atoms with E-state index in [9.17, 15) is 9.50 Å². The molecule has 0 fully saturated rings. The van der Waals surface area contributed by atoms with Gasteiger partial charge in [0.25, 0.3) is 0 Å². The van der Waals surface area contributed by atoms with Crippen molar-refractivity contribution in [3.05, 3.63) is 36.4 Å². The van der Waals surface area contributed by atoms with Crippen molar-refractivity contribution >= 4 is 0 Å². The summed E-state index contributed by atoms with van der Waals surface area (Å²) in [7, 11) is 0. The summed E-state index contributed by atoms with van der Waals surface area (Å²) < 4.78 is 13.0. The number of para-hydroxylation sites is 1. The molecule has 0 aliphatic heterocycles. The van der Waals surface area contributed by atoms with Gasteiger partial charge in [0, 0.05) is 5.56 Å². The highest BCUT2D eigenvalue weighted by Gasteiger charge is 2.09. The second kappa shape index (κ2) is 2.90. The highest BCUT2D eigenvalue weighted by atomic mass is 19.1. The van der Waals surface area contributed by atoms with Crippen LogP contribution < -0.4 is 0 Å². The van der Waals surface area contributed by atoms with Crippen molar-refractivity contribution in [2.45, 2.75) is 0 Å². The van der Waals surface area contributed by atoms with Crippen LogP contribution in [0.25, 0.3) is 11.1 Å². The molecule has 0 aliphatic rings. The lowest BCUT2D eigenvalue weighted by molar-refractivity contribution is 0.476. The van der Waals surface area contributed by atoms with Gasteiger partial charge < -0.3 is 5.11 Å². The van der Waals surface area contributed by atoms with E-state index in [4.69, 9.17) is 0 Å². The van der Waals surface area contributed by atoms with E-state index in [0.29, 0.717) is 5.56 Å². The fourth-order valence-corrected chi connectivity index (χ4v) is 1.16. The number of hydrogen-bond donors (Lipinski definition) is 2. The van der Waals surface area contributed by atoms with Crippen LogP contribution in [-0.2, 0) is 0 Å². The molecule has 1 aromatic heterocycles. The number of hydrogen-bond acceptors (Lipinski definition) is 2. The molecule has 0 amide bonds. The summed E-state index contributed by atoms with van der Waals surface area (Å²) in [6.07, 6.45) is 1.34. The molecule has 2 aromatic rings. The number of aromatic hydroxyl groups is 1. The molecule has 0 unspecified atom stereocenters. The minimum atomic E-state index is -0.540. The Balaban J connectivity index is 2.59. The molecule has 2 rings (SSSR count). The molecule has 0 aliphatic carbocycles. The second-order valence-corrected chi connectivity index (χ2v) is 2.61. The largest absolute Gasteiger partial charge is 0.507 e. The smallest absolute Gasteiger partial charge is 0.216 e. The van der Waals surface area contributed by atoms with Gasteiger partial charge in [0.1, 0.15) is 5.75 Å². The maximum absolute atomic E-state index is 13.0. The fourth-order valence-electron chi connectivity index (χ4n) is 1.16. The van der Waals surface area contributed by atoms with Crippen LogP contribution in [0.2, 0.25) is 0 Å². The first-order chi connectivity index (χ1) is 6.29. The predicted molar refractivity (Wildman–Crippen MR) is 45.6 cm³/mol. The summed E-state index contributed by atoms with van der Waals surface area (Å²) >= 11 is 0. The SMILES string of the molecule is Oc1ccccc1-c1cn[nH]c1F. The molecule has 13 heavy (non-hydrogen) atoms. The van der Waals surface area contributed by atoms with Gasteiger partial charge in [0.15, 0.2) is 0 Å². The Morgan fingerprint density at radius 1 is 1.23 bits per heavy atom. The molecule has 0 saturated heterocycles. The van der Waals surface area contributed by atoms with Gasteiger partial charge in [-0.1, -0.05) is 18.2 Å². The first-order valence-electron chi connectivity index (χ1n) is 3.76. The Labute approximate surface area is 73.8 Å². The molecular formula is C9H7FN2O. The van der Waals surface area contributed by atoms with E-state index < -0.39 is 5.95 Å². The van der Waals surface area contributed by atoms with Crippen LogP contribution in [0, 0.1) is 5.95 Å². The summed E-state index contributed by atoms with van der Waals surface area (Å²) in [6.45, 7) is 0. The van der Waals surface area contributed by atoms with Gasteiger partial charge in [-0.05, 0) is 6.07 Å². The zero-order valence-electron chi connectivity index (χ0n) is 6.66. The Hall–Kier alpha value is -1.84. The van der Waals surface area contributed by atoms with Crippen LogP contribution in [0.4, 0.5) is 4.39 Å². The summed E-state index contributed by atoms with van der Waals surface area (Å²) in [6, 6.07) is 6.53. The van der Waals surface area contributed by atoms with Gasteiger partial charge in [0.05, 0.1) is 11.8 Å².